The van der Waals surface area contributed by atoms with E-state index in [4.69, 9.17) is 21.9 Å². The largest absolute Gasteiger partial charge is 0.508 e. The topological polar surface area (TPSA) is 346 Å². The maximum absolute atomic E-state index is 14.0. The van der Waals surface area contributed by atoms with E-state index in [1.165, 1.54) is 45.0 Å². The van der Waals surface area contributed by atoms with Crippen molar-refractivity contribution in [3.63, 3.8) is 0 Å². The minimum atomic E-state index is -1.60. The summed E-state index contributed by atoms with van der Waals surface area (Å²) in [5.74, 6) is -6.42. The monoisotopic (exact) mass is 890 g/mol. The van der Waals surface area contributed by atoms with Gasteiger partial charge in [-0.1, -0.05) is 44.3 Å². The zero-order valence-corrected chi connectivity index (χ0v) is 36.9. The van der Waals surface area contributed by atoms with Gasteiger partial charge >= 0.3 is 5.97 Å². The third-order valence-electron chi connectivity index (χ3n) is 8.65. The van der Waals surface area contributed by atoms with Crippen molar-refractivity contribution in [1.82, 2.24) is 31.9 Å². The molecule has 0 saturated carbocycles. The lowest BCUT2D eigenvalue weighted by Crippen LogP contribution is -2.59. The van der Waals surface area contributed by atoms with Crippen LogP contribution in [0, 0.1) is 5.92 Å². The summed E-state index contributed by atoms with van der Waals surface area (Å²) in [4.78, 5) is 120. The van der Waals surface area contributed by atoms with Crippen LogP contribution in [0.25, 0.3) is 0 Å². The third kappa shape index (κ3) is 21.4. The van der Waals surface area contributed by atoms with Crippen LogP contribution in [-0.2, 0) is 54.3 Å². The fraction of sp³-hybridized carbons (Fsp3) is 0.550. The first-order valence-corrected chi connectivity index (χ1v) is 20.9. The number of nitrogens with zero attached hydrogens (tertiary/aromatic N) is 1. The van der Waals surface area contributed by atoms with Crippen molar-refractivity contribution in [3.8, 4) is 5.75 Å². The Morgan fingerprint density at radius 3 is 1.89 bits per heavy atom. The van der Waals surface area contributed by atoms with Gasteiger partial charge in [-0.3, -0.25) is 48.1 Å². The smallest absolute Gasteiger partial charge is 0.306 e. The highest BCUT2D eigenvalue weighted by Crippen LogP contribution is 2.15. The van der Waals surface area contributed by atoms with Gasteiger partial charge in [0.15, 0.2) is 5.96 Å². The van der Waals surface area contributed by atoms with Crippen LogP contribution < -0.4 is 49.1 Å². The third-order valence-corrected chi connectivity index (χ3v) is 9.58. The van der Waals surface area contributed by atoms with Gasteiger partial charge in [0.05, 0.1) is 19.4 Å². The van der Waals surface area contributed by atoms with E-state index in [-0.39, 0.29) is 74.2 Å². The Morgan fingerprint density at radius 1 is 0.774 bits per heavy atom. The van der Waals surface area contributed by atoms with Gasteiger partial charge in [0, 0.05) is 25.6 Å². The molecule has 13 N–H and O–H groups in total. The Kier molecular flexibility index (Phi) is 24.0. The van der Waals surface area contributed by atoms with Crippen molar-refractivity contribution in [1.29, 1.82) is 0 Å². The predicted octanol–water partition coefficient (Wildman–Crippen LogP) is -1.35. The first kappa shape index (κ1) is 53.8. The number of benzene rings is 1. The van der Waals surface area contributed by atoms with Crippen LogP contribution in [-0.4, -0.2) is 119 Å². The first-order chi connectivity index (χ1) is 29.0. The molecule has 21 nitrogen and oxygen atoms in total. The van der Waals surface area contributed by atoms with Crippen LogP contribution in [0.4, 0.5) is 0 Å². The second-order valence-corrected chi connectivity index (χ2v) is 15.9. The molecule has 7 amide bonds. The van der Waals surface area contributed by atoms with Gasteiger partial charge in [-0.05, 0) is 69.2 Å². The number of aromatic hydroxyl groups is 1. The number of primary amides is 1. The molecule has 0 unspecified atom stereocenters. The molecule has 0 radical (unpaired) electrons. The molecule has 1 aromatic rings. The Balaban J connectivity index is 3.32. The lowest BCUT2D eigenvalue weighted by molar-refractivity contribution is -0.142. The number of hydrogen-bond acceptors (Lipinski definition) is 13. The van der Waals surface area contributed by atoms with Crippen molar-refractivity contribution < 1.29 is 53.0 Å². The molecule has 0 saturated heterocycles. The predicted molar refractivity (Wildman–Crippen MR) is 231 cm³/mol. The Morgan fingerprint density at radius 2 is 1.34 bits per heavy atom. The van der Waals surface area contributed by atoms with Gasteiger partial charge in [0.25, 0.3) is 0 Å². The van der Waals surface area contributed by atoms with E-state index < -0.39 is 95.1 Å². The lowest BCUT2D eigenvalue weighted by atomic mass is 10.0. The molecule has 0 heterocycles. The zero-order chi connectivity index (χ0) is 47.1. The number of carbonyl (C=O) groups excluding carboxylic acids is 9. The van der Waals surface area contributed by atoms with Crippen LogP contribution in [0.1, 0.15) is 79.2 Å². The van der Waals surface area contributed by atoms with Crippen LogP contribution in [0.3, 0.4) is 0 Å². The van der Waals surface area contributed by atoms with E-state index >= 15 is 0 Å². The molecule has 62 heavy (non-hydrogen) atoms. The number of esters is 1. The molecule has 0 aliphatic rings. The zero-order valence-electron chi connectivity index (χ0n) is 36.0. The SMILES string of the molecule is C=C(C)[C@H](NC(=O)[C@H](CC(N)=O)NC(=O)[C@H](C)NC(=O)[C@H](CCCN=C(N)N)NC(=O)[C@H](Cc1ccc(O)cc1)NC(=O)[C@H](CC(C)C)NC(C)=O)C(=O)SCCC(=O)OCC. The van der Waals surface area contributed by atoms with E-state index in [1.54, 1.807) is 6.92 Å². The van der Waals surface area contributed by atoms with Gasteiger partial charge in [0.2, 0.25) is 46.5 Å². The van der Waals surface area contributed by atoms with E-state index in [0.717, 1.165) is 11.8 Å². The number of phenolic OH excluding ortho intramolecular Hbond substituents is 1. The van der Waals surface area contributed by atoms with Crippen LogP contribution in [0.15, 0.2) is 41.4 Å². The van der Waals surface area contributed by atoms with Crippen LogP contribution >= 0.6 is 11.8 Å². The van der Waals surface area contributed by atoms with Gasteiger partial charge in [-0.2, -0.15) is 0 Å². The number of aliphatic imine (C=N–C) groups is 1. The van der Waals surface area contributed by atoms with E-state index in [1.807, 2.05) is 13.8 Å². The molecule has 0 aromatic heterocycles. The summed E-state index contributed by atoms with van der Waals surface area (Å²) in [6.07, 6.45) is -0.507. The minimum Gasteiger partial charge on any atom is -0.508 e. The molecular weight excluding hydrogens is 829 g/mol. The normalized spacial score (nSPS) is 13.7. The van der Waals surface area contributed by atoms with Crippen molar-refractivity contribution in [2.24, 2.45) is 28.1 Å². The summed E-state index contributed by atoms with van der Waals surface area (Å²) in [5, 5.41) is 24.4. The number of carbonyl (C=O) groups is 9. The highest BCUT2D eigenvalue weighted by atomic mass is 32.2. The van der Waals surface area contributed by atoms with E-state index in [2.05, 4.69) is 43.5 Å². The average molecular weight is 891 g/mol. The van der Waals surface area contributed by atoms with Crippen LogP contribution in [0.2, 0.25) is 0 Å². The summed E-state index contributed by atoms with van der Waals surface area (Å²) >= 11 is 0.749. The van der Waals surface area contributed by atoms with E-state index in [0.29, 0.717) is 5.56 Å². The van der Waals surface area contributed by atoms with Crippen molar-refractivity contribution in [2.75, 3.05) is 18.9 Å². The van der Waals surface area contributed by atoms with Crippen molar-refractivity contribution >= 4 is 70.2 Å². The summed E-state index contributed by atoms with van der Waals surface area (Å²) in [6.45, 7) is 13.3. The molecule has 0 spiro atoms. The fourth-order valence-corrected chi connectivity index (χ4v) is 6.50. The minimum absolute atomic E-state index is 0.0170. The number of nitrogens with two attached hydrogens (primary N) is 3. The maximum Gasteiger partial charge on any atom is 0.306 e. The highest BCUT2D eigenvalue weighted by molar-refractivity contribution is 8.13. The molecule has 22 heteroatoms. The van der Waals surface area contributed by atoms with Gasteiger partial charge < -0.3 is 58.9 Å². The van der Waals surface area contributed by atoms with Crippen LogP contribution in [0.5, 0.6) is 5.75 Å². The van der Waals surface area contributed by atoms with Gasteiger partial charge in [-0.15, -0.1) is 0 Å². The first-order valence-electron chi connectivity index (χ1n) is 19.9. The fourth-order valence-electron chi connectivity index (χ4n) is 5.61. The molecular formula is C40H62N10O11S. The average Bonchev–Trinajstić information content (AvgIpc) is 3.17. The molecule has 344 valence electrons. The molecule has 1 aromatic carbocycles. The number of amides is 7. The van der Waals surface area contributed by atoms with E-state index in [9.17, 15) is 48.3 Å². The summed E-state index contributed by atoms with van der Waals surface area (Å²) in [7, 11) is 0. The number of ether oxygens (including phenoxy) is 1. The molecule has 0 aliphatic heterocycles. The summed E-state index contributed by atoms with van der Waals surface area (Å²) < 4.78 is 4.85. The standard InChI is InChI=1S/C40H62N10O11S/c1-8-61-32(54)15-17-62-39(60)33(22(4)5)50-38(59)30(20-31(41)53)48-34(55)23(6)45-35(56)27(10-9-16-44-40(42)43)47-37(58)29(19-25-11-13-26(52)14-12-25)49-36(57)28(18-21(2)3)46-24(7)51/h11-14,21,23,27-30,33,52H,4,8-10,15-20H2,1-3,5-7H3,(H2,41,53)(H,45,56)(H,46,51)(H,47,58)(H,48,55)(H,49,57)(H,50,59)(H4,42,43,44)/t23-,27-,28-,29-,30-,33-/m0/s1. The Labute approximate surface area is 365 Å². The highest BCUT2D eigenvalue weighted by Gasteiger charge is 2.33. The molecule has 6 atom stereocenters. The Bertz CT molecular complexity index is 1790. The van der Waals surface area contributed by atoms with Gasteiger partial charge in [-0.25, -0.2) is 0 Å². The lowest BCUT2D eigenvalue weighted by Gasteiger charge is -2.27. The summed E-state index contributed by atoms with van der Waals surface area (Å²) in [6, 6.07) is -2.03. The molecule has 0 fully saturated rings. The number of guanidine groups is 1. The second-order valence-electron chi connectivity index (χ2n) is 14.8. The molecule has 1 rings (SSSR count). The summed E-state index contributed by atoms with van der Waals surface area (Å²) in [5.41, 5.74) is 17.0. The second kappa shape index (κ2) is 27.6. The number of phenols is 1. The molecule has 0 aliphatic carbocycles. The maximum atomic E-state index is 14.0. The number of hydrogen-bond donors (Lipinski definition) is 10. The number of nitrogens with one attached hydrogen (secondary N) is 6. The van der Waals surface area contributed by atoms with Crippen molar-refractivity contribution in [3.05, 3.63) is 42.0 Å². The molecule has 0 bridgehead atoms. The van der Waals surface area contributed by atoms with Gasteiger partial charge in [0.1, 0.15) is 42.0 Å². The Hall–Kier alpha value is -6.19. The number of thioether (sulfide) groups is 1. The number of rotatable bonds is 27. The van der Waals surface area contributed by atoms with Crippen molar-refractivity contribution in [2.45, 2.75) is 116 Å². The quantitative estimate of drug-likeness (QED) is 0.0161.